The van der Waals surface area contributed by atoms with Crippen molar-refractivity contribution < 1.29 is 4.79 Å². The topological polar surface area (TPSA) is 54.0 Å². The van der Waals surface area contributed by atoms with Crippen LogP contribution in [0.3, 0.4) is 0 Å². The minimum Gasteiger partial charge on any atom is -0.370 e. The molecule has 4 nitrogen and oxygen atoms in total. The first kappa shape index (κ1) is 17.0. The van der Waals surface area contributed by atoms with Crippen molar-refractivity contribution in [3.63, 3.8) is 0 Å². The lowest BCUT2D eigenvalue weighted by Gasteiger charge is -2.08. The van der Waals surface area contributed by atoms with E-state index in [0.29, 0.717) is 5.56 Å². The van der Waals surface area contributed by atoms with Gasteiger partial charge >= 0.3 is 0 Å². The number of rotatable bonds is 9. The number of carbonyl (C=O) groups is 1. The fourth-order valence-corrected chi connectivity index (χ4v) is 2.30. The van der Waals surface area contributed by atoms with Crippen LogP contribution in [0.2, 0.25) is 0 Å². The molecule has 122 valence electrons. The molecule has 0 bridgehead atoms. The number of amides is 1. The molecule has 1 aromatic carbocycles. The van der Waals surface area contributed by atoms with Crippen LogP contribution in [0.25, 0.3) is 0 Å². The Kier molecular flexibility index (Phi) is 7.11. The van der Waals surface area contributed by atoms with E-state index in [0.717, 1.165) is 44.6 Å². The van der Waals surface area contributed by atoms with Crippen molar-refractivity contribution in [1.82, 2.24) is 10.3 Å². The van der Waals surface area contributed by atoms with Crippen molar-refractivity contribution in [3.05, 3.63) is 59.8 Å². The van der Waals surface area contributed by atoms with Gasteiger partial charge in [-0.25, -0.2) is 4.98 Å². The fourth-order valence-electron chi connectivity index (χ4n) is 2.30. The van der Waals surface area contributed by atoms with Crippen LogP contribution in [-0.4, -0.2) is 24.0 Å². The summed E-state index contributed by atoms with van der Waals surface area (Å²) in [6.45, 7) is 3.66. The molecule has 0 saturated carbocycles. The van der Waals surface area contributed by atoms with Crippen molar-refractivity contribution in [2.24, 2.45) is 0 Å². The first-order chi connectivity index (χ1) is 11.3. The van der Waals surface area contributed by atoms with Gasteiger partial charge in [0.25, 0.3) is 5.91 Å². The monoisotopic (exact) mass is 311 g/mol. The maximum absolute atomic E-state index is 12.0. The minimum atomic E-state index is -0.0341. The van der Waals surface area contributed by atoms with E-state index in [1.54, 1.807) is 12.3 Å². The number of benzene rings is 1. The van der Waals surface area contributed by atoms with Gasteiger partial charge in [-0.3, -0.25) is 4.79 Å². The van der Waals surface area contributed by atoms with Gasteiger partial charge in [-0.1, -0.05) is 43.7 Å². The molecule has 0 unspecified atom stereocenters. The van der Waals surface area contributed by atoms with Crippen LogP contribution in [0, 0.1) is 0 Å². The number of aromatic nitrogens is 1. The normalized spacial score (nSPS) is 10.3. The van der Waals surface area contributed by atoms with Crippen LogP contribution in [0.5, 0.6) is 0 Å². The van der Waals surface area contributed by atoms with Gasteiger partial charge in [-0.2, -0.15) is 0 Å². The number of aryl methyl sites for hydroxylation is 1. The number of unbranched alkanes of at least 4 members (excludes halogenated alkanes) is 1. The highest BCUT2D eigenvalue weighted by molar-refractivity contribution is 5.94. The van der Waals surface area contributed by atoms with E-state index in [1.165, 1.54) is 5.56 Å². The third-order valence-electron chi connectivity index (χ3n) is 3.63. The Morgan fingerprint density at radius 2 is 1.91 bits per heavy atom. The van der Waals surface area contributed by atoms with E-state index in [1.807, 2.05) is 12.1 Å². The third-order valence-corrected chi connectivity index (χ3v) is 3.63. The first-order valence-electron chi connectivity index (χ1n) is 8.31. The molecule has 0 radical (unpaired) electrons. The van der Waals surface area contributed by atoms with Crippen LogP contribution in [0.15, 0.2) is 48.7 Å². The van der Waals surface area contributed by atoms with Crippen molar-refractivity contribution in [1.29, 1.82) is 0 Å². The zero-order valence-corrected chi connectivity index (χ0v) is 13.7. The maximum Gasteiger partial charge on any atom is 0.251 e. The number of nitrogens with one attached hydrogen (secondary N) is 2. The zero-order chi connectivity index (χ0) is 16.3. The maximum atomic E-state index is 12.0. The molecule has 2 rings (SSSR count). The van der Waals surface area contributed by atoms with Gasteiger partial charge in [0, 0.05) is 24.8 Å². The molecule has 1 amide bonds. The van der Waals surface area contributed by atoms with E-state index < -0.39 is 0 Å². The number of hydrogen-bond acceptors (Lipinski definition) is 3. The van der Waals surface area contributed by atoms with Gasteiger partial charge in [0.05, 0.1) is 0 Å². The fraction of sp³-hybridized carbons (Fsp3) is 0.368. The lowest BCUT2D eigenvalue weighted by Crippen LogP contribution is -2.24. The number of carbonyl (C=O) groups excluding carboxylic acids is 1. The number of nitrogens with zero attached hydrogens (tertiary/aromatic N) is 1. The predicted octanol–water partition coefficient (Wildman–Crippen LogP) is 3.66. The smallest absolute Gasteiger partial charge is 0.251 e. The SMILES string of the molecule is CCCCNC(=O)c1ccnc(NCCCc2ccccc2)c1. The van der Waals surface area contributed by atoms with Crippen molar-refractivity contribution in [2.45, 2.75) is 32.6 Å². The van der Waals surface area contributed by atoms with Crippen LogP contribution in [-0.2, 0) is 6.42 Å². The average molecular weight is 311 g/mol. The predicted molar refractivity (Wildman–Crippen MR) is 94.7 cm³/mol. The van der Waals surface area contributed by atoms with Crippen LogP contribution >= 0.6 is 0 Å². The van der Waals surface area contributed by atoms with Crippen LogP contribution in [0.1, 0.15) is 42.1 Å². The van der Waals surface area contributed by atoms with Gasteiger partial charge < -0.3 is 10.6 Å². The molecular weight excluding hydrogens is 286 g/mol. The molecule has 2 aromatic rings. The Bertz CT molecular complexity index is 599. The Labute approximate surface area is 138 Å². The standard InChI is InChI=1S/C19H25N3O/c1-2-3-12-22-19(23)17-11-14-21-18(15-17)20-13-7-10-16-8-5-4-6-9-16/h4-6,8-9,11,14-15H,2-3,7,10,12-13H2,1H3,(H,20,21)(H,22,23). The van der Waals surface area contributed by atoms with Crippen molar-refractivity contribution in [3.8, 4) is 0 Å². The first-order valence-corrected chi connectivity index (χ1v) is 8.31. The highest BCUT2D eigenvalue weighted by atomic mass is 16.1. The molecule has 0 atom stereocenters. The molecule has 0 aliphatic rings. The van der Waals surface area contributed by atoms with E-state index >= 15 is 0 Å². The highest BCUT2D eigenvalue weighted by Gasteiger charge is 2.05. The van der Waals surface area contributed by atoms with Crippen molar-refractivity contribution >= 4 is 11.7 Å². The molecule has 23 heavy (non-hydrogen) atoms. The number of anilines is 1. The van der Waals surface area contributed by atoms with Gasteiger partial charge in [-0.15, -0.1) is 0 Å². The summed E-state index contributed by atoms with van der Waals surface area (Å²) in [5.74, 6) is 0.717. The summed E-state index contributed by atoms with van der Waals surface area (Å²) >= 11 is 0. The highest BCUT2D eigenvalue weighted by Crippen LogP contribution is 2.08. The van der Waals surface area contributed by atoms with E-state index in [-0.39, 0.29) is 5.91 Å². The van der Waals surface area contributed by atoms with Crippen LogP contribution < -0.4 is 10.6 Å². The third kappa shape index (κ3) is 6.10. The Morgan fingerprint density at radius 3 is 2.70 bits per heavy atom. The second-order valence-corrected chi connectivity index (χ2v) is 5.56. The van der Waals surface area contributed by atoms with Crippen molar-refractivity contribution in [2.75, 3.05) is 18.4 Å². The average Bonchev–Trinajstić information content (AvgIpc) is 2.60. The Hall–Kier alpha value is -2.36. The van der Waals surface area contributed by atoms with E-state index in [4.69, 9.17) is 0 Å². The Balaban J connectivity index is 1.77. The molecule has 0 spiro atoms. The minimum absolute atomic E-state index is 0.0341. The van der Waals surface area contributed by atoms with E-state index in [2.05, 4.69) is 46.8 Å². The number of hydrogen-bond donors (Lipinski definition) is 2. The molecule has 0 aliphatic carbocycles. The quantitative estimate of drug-likeness (QED) is 0.695. The number of pyridine rings is 1. The zero-order valence-electron chi connectivity index (χ0n) is 13.7. The second-order valence-electron chi connectivity index (χ2n) is 5.56. The molecule has 2 N–H and O–H groups in total. The molecule has 1 heterocycles. The molecular formula is C19H25N3O. The lowest BCUT2D eigenvalue weighted by atomic mass is 10.1. The van der Waals surface area contributed by atoms with Gasteiger partial charge in [-0.05, 0) is 37.0 Å². The summed E-state index contributed by atoms with van der Waals surface area (Å²) in [4.78, 5) is 16.3. The van der Waals surface area contributed by atoms with Gasteiger partial charge in [0.1, 0.15) is 5.82 Å². The summed E-state index contributed by atoms with van der Waals surface area (Å²) in [6, 6.07) is 14.0. The largest absolute Gasteiger partial charge is 0.370 e. The molecule has 4 heteroatoms. The molecule has 1 aromatic heterocycles. The van der Waals surface area contributed by atoms with Gasteiger partial charge in [0.15, 0.2) is 0 Å². The Morgan fingerprint density at radius 1 is 1.09 bits per heavy atom. The molecule has 0 aliphatic heterocycles. The molecule has 0 fully saturated rings. The summed E-state index contributed by atoms with van der Waals surface area (Å²) in [7, 11) is 0. The summed E-state index contributed by atoms with van der Waals surface area (Å²) in [5, 5.41) is 6.21. The van der Waals surface area contributed by atoms with Crippen LogP contribution in [0.4, 0.5) is 5.82 Å². The summed E-state index contributed by atoms with van der Waals surface area (Å²) in [6.07, 6.45) is 5.81. The van der Waals surface area contributed by atoms with Gasteiger partial charge in [0.2, 0.25) is 0 Å². The second kappa shape index (κ2) is 9.62. The lowest BCUT2D eigenvalue weighted by molar-refractivity contribution is 0.0953. The molecule has 0 saturated heterocycles. The summed E-state index contributed by atoms with van der Waals surface area (Å²) < 4.78 is 0. The van der Waals surface area contributed by atoms with E-state index in [9.17, 15) is 4.79 Å². The summed E-state index contributed by atoms with van der Waals surface area (Å²) in [5.41, 5.74) is 1.99.